The lowest BCUT2D eigenvalue weighted by Crippen LogP contribution is -2.41. The molecule has 0 radical (unpaired) electrons. The van der Waals surface area contributed by atoms with Crippen LogP contribution in [0.3, 0.4) is 0 Å². The van der Waals surface area contributed by atoms with Crippen LogP contribution in [0.1, 0.15) is 26.3 Å². The number of fused-ring (bicyclic) bond motifs is 1. The standard InChI is InChI=1S/C22H27N3O5/c1-22(2,3)30-21(27)25-16-9-10-19-18(11-16)23-12-17(29-19)13-24-20(26)28-14-15-7-5-4-6-8-15/h4-11,17,23H,12-14H2,1-3H3,(H,24,26)(H,25,27). The fourth-order valence-electron chi connectivity index (χ4n) is 2.80. The van der Waals surface area contributed by atoms with Crippen molar-refractivity contribution in [2.24, 2.45) is 0 Å². The number of anilines is 2. The van der Waals surface area contributed by atoms with Gasteiger partial charge < -0.3 is 24.8 Å². The molecule has 2 aromatic rings. The maximum Gasteiger partial charge on any atom is 0.412 e. The number of carbonyl (C=O) groups excluding carboxylic acids is 2. The molecule has 30 heavy (non-hydrogen) atoms. The normalized spacial score (nSPS) is 15.1. The number of nitrogens with one attached hydrogen (secondary N) is 3. The second kappa shape index (κ2) is 9.39. The van der Waals surface area contributed by atoms with E-state index in [1.54, 1.807) is 39.0 Å². The predicted molar refractivity (Wildman–Crippen MR) is 114 cm³/mol. The molecule has 8 heteroatoms. The van der Waals surface area contributed by atoms with Crippen molar-refractivity contribution in [1.82, 2.24) is 5.32 Å². The van der Waals surface area contributed by atoms with Gasteiger partial charge in [0.05, 0.1) is 18.8 Å². The minimum absolute atomic E-state index is 0.215. The average molecular weight is 413 g/mol. The Morgan fingerprint density at radius 1 is 1.13 bits per heavy atom. The van der Waals surface area contributed by atoms with E-state index >= 15 is 0 Å². The van der Waals surface area contributed by atoms with Gasteiger partial charge in [0.2, 0.25) is 0 Å². The average Bonchev–Trinajstić information content (AvgIpc) is 2.70. The molecule has 1 unspecified atom stereocenters. The summed E-state index contributed by atoms with van der Waals surface area (Å²) in [6, 6.07) is 14.7. The van der Waals surface area contributed by atoms with Crippen molar-refractivity contribution in [3.05, 3.63) is 54.1 Å². The van der Waals surface area contributed by atoms with Crippen LogP contribution in [0.5, 0.6) is 5.75 Å². The summed E-state index contributed by atoms with van der Waals surface area (Å²) in [6.07, 6.45) is -1.26. The van der Waals surface area contributed by atoms with Crippen LogP contribution in [0.15, 0.2) is 48.5 Å². The van der Waals surface area contributed by atoms with Crippen LogP contribution in [0, 0.1) is 0 Å². The first-order chi connectivity index (χ1) is 14.3. The van der Waals surface area contributed by atoms with E-state index in [4.69, 9.17) is 14.2 Å². The Kier molecular flexibility index (Phi) is 6.66. The molecule has 0 fully saturated rings. The predicted octanol–water partition coefficient (Wildman–Crippen LogP) is 4.13. The number of rotatable bonds is 5. The van der Waals surface area contributed by atoms with E-state index in [0.717, 1.165) is 11.3 Å². The fraction of sp³-hybridized carbons (Fsp3) is 0.364. The summed E-state index contributed by atoms with van der Waals surface area (Å²) in [7, 11) is 0. The number of hydrogen-bond acceptors (Lipinski definition) is 6. The lowest BCUT2D eigenvalue weighted by Gasteiger charge is -2.28. The van der Waals surface area contributed by atoms with E-state index in [2.05, 4.69) is 16.0 Å². The van der Waals surface area contributed by atoms with E-state index < -0.39 is 17.8 Å². The minimum atomic E-state index is -0.567. The topological polar surface area (TPSA) is 97.9 Å². The van der Waals surface area contributed by atoms with Crippen LogP contribution < -0.4 is 20.7 Å². The van der Waals surface area contributed by atoms with Gasteiger partial charge in [0.1, 0.15) is 24.1 Å². The molecule has 0 saturated carbocycles. The van der Waals surface area contributed by atoms with E-state index in [9.17, 15) is 9.59 Å². The molecule has 1 heterocycles. The molecule has 0 bridgehead atoms. The molecule has 2 aromatic carbocycles. The zero-order chi connectivity index (χ0) is 21.6. The van der Waals surface area contributed by atoms with Gasteiger partial charge in [-0.1, -0.05) is 30.3 Å². The Morgan fingerprint density at radius 2 is 1.90 bits per heavy atom. The van der Waals surface area contributed by atoms with Crippen LogP contribution >= 0.6 is 0 Å². The molecule has 3 N–H and O–H groups in total. The third kappa shape index (κ3) is 6.58. The van der Waals surface area contributed by atoms with Crippen molar-refractivity contribution in [1.29, 1.82) is 0 Å². The summed E-state index contributed by atoms with van der Waals surface area (Å²) >= 11 is 0. The van der Waals surface area contributed by atoms with Gasteiger partial charge in [-0.3, -0.25) is 5.32 Å². The van der Waals surface area contributed by atoms with Crippen LogP contribution in [0.2, 0.25) is 0 Å². The summed E-state index contributed by atoms with van der Waals surface area (Å²) in [4.78, 5) is 23.8. The smallest absolute Gasteiger partial charge is 0.412 e. The lowest BCUT2D eigenvalue weighted by molar-refractivity contribution is 0.0636. The van der Waals surface area contributed by atoms with Gasteiger partial charge in [0.15, 0.2) is 0 Å². The SMILES string of the molecule is CC(C)(C)OC(=O)Nc1ccc2c(c1)NCC(CNC(=O)OCc1ccccc1)O2. The summed E-state index contributed by atoms with van der Waals surface area (Å²) in [5.41, 5.74) is 1.71. The van der Waals surface area contributed by atoms with E-state index in [-0.39, 0.29) is 12.7 Å². The van der Waals surface area contributed by atoms with Crippen LogP contribution in [0.25, 0.3) is 0 Å². The first kappa shape index (κ1) is 21.3. The van der Waals surface area contributed by atoms with Gasteiger partial charge in [0.25, 0.3) is 0 Å². The number of benzene rings is 2. The first-order valence-electron chi connectivity index (χ1n) is 9.77. The molecule has 8 nitrogen and oxygen atoms in total. The van der Waals surface area contributed by atoms with Gasteiger partial charge >= 0.3 is 12.2 Å². The van der Waals surface area contributed by atoms with Crippen molar-refractivity contribution < 1.29 is 23.8 Å². The largest absolute Gasteiger partial charge is 0.485 e. The lowest BCUT2D eigenvalue weighted by atomic mass is 10.2. The van der Waals surface area contributed by atoms with Crippen LogP contribution in [-0.4, -0.2) is 37.0 Å². The van der Waals surface area contributed by atoms with Gasteiger partial charge in [-0.05, 0) is 44.5 Å². The molecular weight excluding hydrogens is 386 g/mol. The molecule has 3 rings (SSSR count). The Balaban J connectivity index is 1.45. The van der Waals surface area contributed by atoms with Gasteiger partial charge in [0, 0.05) is 5.69 Å². The van der Waals surface area contributed by atoms with Gasteiger partial charge in [-0.15, -0.1) is 0 Å². The third-order valence-electron chi connectivity index (χ3n) is 4.13. The molecule has 160 valence electrons. The number of alkyl carbamates (subject to hydrolysis) is 1. The van der Waals surface area contributed by atoms with Crippen molar-refractivity contribution >= 4 is 23.6 Å². The molecule has 0 aliphatic carbocycles. The highest BCUT2D eigenvalue weighted by Crippen LogP contribution is 2.31. The molecule has 1 atom stereocenters. The summed E-state index contributed by atoms with van der Waals surface area (Å²) < 4.78 is 16.4. The Hall–Kier alpha value is -3.42. The molecular formula is C22H27N3O5. The maximum absolute atomic E-state index is 11.9. The molecule has 0 spiro atoms. The van der Waals surface area contributed by atoms with Gasteiger partial charge in [-0.25, -0.2) is 9.59 Å². The Bertz CT molecular complexity index is 880. The molecule has 0 aromatic heterocycles. The van der Waals surface area contributed by atoms with Crippen molar-refractivity contribution in [3.8, 4) is 5.75 Å². The quantitative estimate of drug-likeness (QED) is 0.682. The number of carbonyl (C=O) groups is 2. The zero-order valence-electron chi connectivity index (χ0n) is 17.4. The summed E-state index contributed by atoms with van der Waals surface area (Å²) in [5.74, 6) is 0.639. The first-order valence-corrected chi connectivity index (χ1v) is 9.77. The van der Waals surface area contributed by atoms with E-state index in [0.29, 0.717) is 24.5 Å². The van der Waals surface area contributed by atoms with Crippen molar-refractivity contribution in [2.45, 2.75) is 39.1 Å². The fourth-order valence-corrected chi connectivity index (χ4v) is 2.80. The second-order valence-corrected chi connectivity index (χ2v) is 7.90. The Morgan fingerprint density at radius 3 is 2.63 bits per heavy atom. The van der Waals surface area contributed by atoms with Crippen molar-refractivity contribution in [3.63, 3.8) is 0 Å². The monoisotopic (exact) mass is 413 g/mol. The number of ether oxygens (including phenoxy) is 3. The van der Waals surface area contributed by atoms with E-state index in [1.807, 2.05) is 30.3 Å². The number of amides is 2. The second-order valence-electron chi connectivity index (χ2n) is 7.90. The summed E-state index contributed by atoms with van der Waals surface area (Å²) in [6.45, 7) is 6.44. The van der Waals surface area contributed by atoms with Gasteiger partial charge in [-0.2, -0.15) is 0 Å². The zero-order valence-corrected chi connectivity index (χ0v) is 17.4. The minimum Gasteiger partial charge on any atom is -0.485 e. The number of hydrogen-bond donors (Lipinski definition) is 3. The highest BCUT2D eigenvalue weighted by Gasteiger charge is 2.21. The molecule has 2 amide bonds. The highest BCUT2D eigenvalue weighted by molar-refractivity contribution is 5.86. The molecule has 1 aliphatic heterocycles. The Labute approximate surface area is 175 Å². The summed E-state index contributed by atoms with van der Waals surface area (Å²) in [5, 5.41) is 8.66. The molecule has 0 saturated heterocycles. The third-order valence-corrected chi connectivity index (χ3v) is 4.13. The maximum atomic E-state index is 11.9. The highest BCUT2D eigenvalue weighted by atomic mass is 16.6. The molecule has 1 aliphatic rings. The van der Waals surface area contributed by atoms with Crippen molar-refractivity contribution in [2.75, 3.05) is 23.7 Å². The van der Waals surface area contributed by atoms with E-state index in [1.165, 1.54) is 0 Å². The van der Waals surface area contributed by atoms with Crippen LogP contribution in [0.4, 0.5) is 21.0 Å². The van der Waals surface area contributed by atoms with Crippen LogP contribution in [-0.2, 0) is 16.1 Å².